The standard InChI is InChI=1S/C15H11FN6/c16-12-6-2-1-5-11(12)14-8-13(10-4-3-7-17-9-10)18-15-19-20-21-22(14)15/h1-9,14H,(H,18,19,21)/t14-/m0/s1. The van der Waals surface area contributed by atoms with Crippen molar-refractivity contribution in [2.45, 2.75) is 6.04 Å². The second-order valence-electron chi connectivity index (χ2n) is 4.86. The number of hydrogen-bond acceptors (Lipinski definition) is 5. The molecule has 0 saturated carbocycles. The average Bonchev–Trinajstić information content (AvgIpc) is 3.04. The highest BCUT2D eigenvalue weighted by Gasteiger charge is 2.26. The van der Waals surface area contributed by atoms with Crippen molar-refractivity contribution in [3.63, 3.8) is 0 Å². The van der Waals surface area contributed by atoms with E-state index in [0.717, 1.165) is 11.3 Å². The molecule has 1 aliphatic rings. The third-order valence-electron chi connectivity index (χ3n) is 3.52. The van der Waals surface area contributed by atoms with Crippen LogP contribution in [-0.4, -0.2) is 25.2 Å². The van der Waals surface area contributed by atoms with Gasteiger partial charge in [-0.1, -0.05) is 23.3 Å². The Hall–Kier alpha value is -3.09. The molecule has 1 atom stereocenters. The Morgan fingerprint density at radius 1 is 1.14 bits per heavy atom. The van der Waals surface area contributed by atoms with Crippen molar-refractivity contribution in [1.29, 1.82) is 0 Å². The first-order valence-electron chi connectivity index (χ1n) is 6.74. The van der Waals surface area contributed by atoms with Crippen LogP contribution >= 0.6 is 0 Å². The van der Waals surface area contributed by atoms with Crippen LogP contribution in [0.2, 0.25) is 0 Å². The molecule has 3 heterocycles. The fourth-order valence-electron chi connectivity index (χ4n) is 2.48. The number of pyridine rings is 1. The van der Waals surface area contributed by atoms with E-state index in [0.29, 0.717) is 11.5 Å². The van der Waals surface area contributed by atoms with Crippen molar-refractivity contribution >= 4 is 11.6 Å². The lowest BCUT2D eigenvalue weighted by Gasteiger charge is -2.23. The van der Waals surface area contributed by atoms with E-state index in [-0.39, 0.29) is 5.82 Å². The first-order valence-corrected chi connectivity index (χ1v) is 6.74. The first kappa shape index (κ1) is 12.6. The smallest absolute Gasteiger partial charge is 0.248 e. The zero-order chi connectivity index (χ0) is 14.9. The van der Waals surface area contributed by atoms with E-state index < -0.39 is 6.04 Å². The molecule has 0 bridgehead atoms. The lowest BCUT2D eigenvalue weighted by Crippen LogP contribution is -2.21. The highest BCUT2D eigenvalue weighted by Crippen LogP contribution is 2.32. The van der Waals surface area contributed by atoms with Crippen LogP contribution in [0.1, 0.15) is 17.2 Å². The Morgan fingerprint density at radius 3 is 2.86 bits per heavy atom. The summed E-state index contributed by atoms with van der Waals surface area (Å²) in [5.41, 5.74) is 2.20. The highest BCUT2D eigenvalue weighted by molar-refractivity contribution is 5.76. The molecule has 0 radical (unpaired) electrons. The maximum Gasteiger partial charge on any atom is 0.248 e. The van der Waals surface area contributed by atoms with E-state index in [9.17, 15) is 4.39 Å². The molecule has 0 unspecified atom stereocenters. The van der Waals surface area contributed by atoms with Gasteiger partial charge in [0.2, 0.25) is 5.95 Å². The minimum atomic E-state index is -0.414. The van der Waals surface area contributed by atoms with E-state index in [1.54, 1.807) is 35.3 Å². The predicted molar refractivity (Wildman–Crippen MR) is 78.2 cm³/mol. The van der Waals surface area contributed by atoms with Gasteiger partial charge in [-0.2, -0.15) is 4.68 Å². The summed E-state index contributed by atoms with van der Waals surface area (Å²) in [6.07, 6.45) is 5.32. The van der Waals surface area contributed by atoms with Crippen molar-refractivity contribution in [3.8, 4) is 0 Å². The van der Waals surface area contributed by atoms with Crippen LogP contribution < -0.4 is 5.32 Å². The molecule has 2 aromatic heterocycles. The minimum Gasteiger partial charge on any atom is -0.323 e. The van der Waals surface area contributed by atoms with E-state index in [2.05, 4.69) is 25.8 Å². The van der Waals surface area contributed by atoms with E-state index in [1.807, 2.05) is 18.2 Å². The molecule has 0 aliphatic carbocycles. The van der Waals surface area contributed by atoms with Gasteiger partial charge in [-0.25, -0.2) is 4.39 Å². The maximum atomic E-state index is 14.2. The van der Waals surface area contributed by atoms with Crippen molar-refractivity contribution in [2.75, 3.05) is 5.32 Å². The Labute approximate surface area is 125 Å². The zero-order valence-electron chi connectivity index (χ0n) is 11.4. The van der Waals surface area contributed by atoms with Crippen molar-refractivity contribution < 1.29 is 4.39 Å². The molecule has 0 amide bonds. The normalized spacial score (nSPS) is 16.6. The van der Waals surface area contributed by atoms with Crippen LogP contribution in [-0.2, 0) is 0 Å². The molecular weight excluding hydrogens is 283 g/mol. The van der Waals surface area contributed by atoms with Crippen LogP contribution in [0.3, 0.4) is 0 Å². The van der Waals surface area contributed by atoms with E-state index in [4.69, 9.17) is 0 Å². The maximum absolute atomic E-state index is 14.2. The van der Waals surface area contributed by atoms with Gasteiger partial charge in [-0.15, -0.1) is 0 Å². The summed E-state index contributed by atoms with van der Waals surface area (Å²) in [5, 5.41) is 14.7. The monoisotopic (exact) mass is 294 g/mol. The number of rotatable bonds is 2. The van der Waals surface area contributed by atoms with Crippen LogP contribution in [0.4, 0.5) is 10.3 Å². The number of allylic oxidation sites excluding steroid dienone is 1. The Balaban J connectivity index is 1.86. The summed E-state index contributed by atoms with van der Waals surface area (Å²) in [6.45, 7) is 0. The van der Waals surface area contributed by atoms with Crippen molar-refractivity contribution in [1.82, 2.24) is 25.2 Å². The van der Waals surface area contributed by atoms with Gasteiger partial charge in [-0.05, 0) is 34.7 Å². The SMILES string of the molecule is Fc1ccccc1[C@@H]1C=C(c2cccnc2)Nc2nnnn21. The van der Waals surface area contributed by atoms with Gasteiger partial charge in [0, 0.05) is 29.2 Å². The molecule has 1 N–H and O–H groups in total. The quantitative estimate of drug-likeness (QED) is 0.785. The molecule has 6 nitrogen and oxygen atoms in total. The molecule has 7 heteroatoms. The third-order valence-corrected chi connectivity index (χ3v) is 3.52. The van der Waals surface area contributed by atoms with Gasteiger partial charge in [0.15, 0.2) is 0 Å². The number of fused-ring (bicyclic) bond motifs is 1. The van der Waals surface area contributed by atoms with Crippen molar-refractivity contribution in [3.05, 3.63) is 71.8 Å². The van der Waals surface area contributed by atoms with Gasteiger partial charge >= 0.3 is 0 Å². The van der Waals surface area contributed by atoms with Crippen LogP contribution in [0.5, 0.6) is 0 Å². The topological polar surface area (TPSA) is 68.5 Å². The molecule has 1 aromatic carbocycles. The lowest BCUT2D eigenvalue weighted by atomic mass is 10.0. The van der Waals surface area contributed by atoms with Gasteiger partial charge in [0.05, 0.1) is 0 Å². The summed E-state index contributed by atoms with van der Waals surface area (Å²) in [7, 11) is 0. The Kier molecular flexibility index (Phi) is 2.89. The largest absolute Gasteiger partial charge is 0.323 e. The summed E-state index contributed by atoms with van der Waals surface area (Å²) in [6, 6.07) is 9.96. The molecule has 1 aliphatic heterocycles. The lowest BCUT2D eigenvalue weighted by molar-refractivity contribution is 0.540. The summed E-state index contributed by atoms with van der Waals surface area (Å²) in [4.78, 5) is 4.11. The molecule has 0 fully saturated rings. The molecule has 0 saturated heterocycles. The van der Waals surface area contributed by atoms with Gasteiger partial charge in [0.25, 0.3) is 0 Å². The van der Waals surface area contributed by atoms with Crippen LogP contribution in [0.25, 0.3) is 5.70 Å². The number of tetrazole rings is 1. The van der Waals surface area contributed by atoms with Gasteiger partial charge in [-0.3, -0.25) is 4.98 Å². The van der Waals surface area contributed by atoms with Gasteiger partial charge < -0.3 is 5.32 Å². The van der Waals surface area contributed by atoms with Crippen LogP contribution in [0, 0.1) is 5.82 Å². The van der Waals surface area contributed by atoms with Crippen molar-refractivity contribution in [2.24, 2.45) is 0 Å². The molecular formula is C15H11FN6. The number of nitrogens with one attached hydrogen (secondary N) is 1. The fraction of sp³-hybridized carbons (Fsp3) is 0.0667. The Morgan fingerprint density at radius 2 is 2.05 bits per heavy atom. The number of aromatic nitrogens is 5. The summed E-state index contributed by atoms with van der Waals surface area (Å²) in [5.74, 6) is 0.173. The molecule has 22 heavy (non-hydrogen) atoms. The highest BCUT2D eigenvalue weighted by atomic mass is 19.1. The van der Waals surface area contributed by atoms with Crippen LogP contribution in [0.15, 0.2) is 54.9 Å². The molecule has 108 valence electrons. The third kappa shape index (κ3) is 2.03. The summed E-state index contributed by atoms with van der Waals surface area (Å²) >= 11 is 0. The van der Waals surface area contributed by atoms with E-state index >= 15 is 0 Å². The molecule has 0 spiro atoms. The second-order valence-corrected chi connectivity index (χ2v) is 4.86. The minimum absolute atomic E-state index is 0.294. The Bertz CT molecular complexity index is 842. The first-order chi connectivity index (χ1) is 10.8. The predicted octanol–water partition coefficient (Wildman–Crippen LogP) is 2.26. The molecule has 3 aromatic rings. The molecule has 4 rings (SSSR count). The fourth-order valence-corrected chi connectivity index (χ4v) is 2.48. The average molecular weight is 294 g/mol. The van der Waals surface area contributed by atoms with Gasteiger partial charge in [0.1, 0.15) is 11.9 Å². The number of halogens is 1. The number of nitrogens with zero attached hydrogens (tertiary/aromatic N) is 5. The number of anilines is 1. The number of hydrogen-bond donors (Lipinski definition) is 1. The number of benzene rings is 1. The van der Waals surface area contributed by atoms with E-state index in [1.165, 1.54) is 6.07 Å². The zero-order valence-corrected chi connectivity index (χ0v) is 11.4. The second kappa shape index (κ2) is 5.03. The summed E-state index contributed by atoms with van der Waals surface area (Å²) < 4.78 is 15.7.